The molecule has 6 heteroatoms. The first-order valence-corrected chi connectivity index (χ1v) is 6.91. The molecule has 1 atom stereocenters. The Hall–Kier alpha value is -2.34. The van der Waals surface area contributed by atoms with Crippen molar-refractivity contribution in [3.63, 3.8) is 0 Å². The van der Waals surface area contributed by atoms with Gasteiger partial charge < -0.3 is 10.5 Å². The highest BCUT2D eigenvalue weighted by Crippen LogP contribution is 2.31. The van der Waals surface area contributed by atoms with E-state index in [1.165, 1.54) is 12.1 Å². The number of carbonyl (C=O) groups excluding carboxylic acids is 1. The Morgan fingerprint density at radius 3 is 2.04 bits per heavy atom. The van der Waals surface area contributed by atoms with Gasteiger partial charge in [-0.1, -0.05) is 30.3 Å². The third-order valence-corrected chi connectivity index (χ3v) is 3.36. The molecule has 2 aromatic rings. The van der Waals surface area contributed by atoms with Crippen LogP contribution in [-0.2, 0) is 16.5 Å². The average molecular weight is 323 g/mol. The van der Waals surface area contributed by atoms with Crippen molar-refractivity contribution in [2.24, 2.45) is 5.73 Å². The summed E-state index contributed by atoms with van der Waals surface area (Å²) >= 11 is 0. The SMILES string of the molecule is CC(N)(CC(=O)Oc1ccccc1)c1ccc(C(F)(F)F)cc1. The van der Waals surface area contributed by atoms with Crippen molar-refractivity contribution in [1.29, 1.82) is 0 Å². The molecular weight excluding hydrogens is 307 g/mol. The molecule has 0 heterocycles. The van der Waals surface area contributed by atoms with Crippen LogP contribution < -0.4 is 10.5 Å². The smallest absolute Gasteiger partial charge is 0.416 e. The van der Waals surface area contributed by atoms with Crippen molar-refractivity contribution in [3.8, 4) is 5.75 Å². The second-order valence-corrected chi connectivity index (χ2v) is 5.46. The standard InChI is InChI=1S/C17H16F3NO2/c1-16(21,11-15(22)23-14-5-3-2-4-6-14)12-7-9-13(10-8-12)17(18,19)20/h2-10H,11,21H2,1H3. The van der Waals surface area contributed by atoms with Crippen LogP contribution >= 0.6 is 0 Å². The minimum Gasteiger partial charge on any atom is -0.426 e. The van der Waals surface area contributed by atoms with Crippen LogP contribution in [0.2, 0.25) is 0 Å². The molecular formula is C17H16F3NO2. The molecule has 0 spiro atoms. The molecule has 0 aliphatic heterocycles. The fourth-order valence-corrected chi connectivity index (χ4v) is 2.10. The number of nitrogens with two attached hydrogens (primary N) is 1. The summed E-state index contributed by atoms with van der Waals surface area (Å²) in [4.78, 5) is 11.9. The molecule has 0 aliphatic rings. The molecule has 0 fully saturated rings. The molecule has 1 unspecified atom stereocenters. The van der Waals surface area contributed by atoms with E-state index in [9.17, 15) is 18.0 Å². The van der Waals surface area contributed by atoms with Gasteiger partial charge in [-0.05, 0) is 36.8 Å². The molecule has 2 aromatic carbocycles. The monoisotopic (exact) mass is 323 g/mol. The number of halogens is 3. The minimum absolute atomic E-state index is 0.159. The van der Waals surface area contributed by atoms with Crippen LogP contribution in [0.3, 0.4) is 0 Å². The maximum Gasteiger partial charge on any atom is 0.416 e. The van der Waals surface area contributed by atoms with E-state index in [2.05, 4.69) is 0 Å². The molecule has 3 nitrogen and oxygen atoms in total. The summed E-state index contributed by atoms with van der Waals surface area (Å²) in [5.74, 6) is -0.165. The van der Waals surface area contributed by atoms with Gasteiger partial charge in [-0.25, -0.2) is 0 Å². The van der Waals surface area contributed by atoms with Crippen molar-refractivity contribution in [3.05, 3.63) is 65.7 Å². The Morgan fingerprint density at radius 1 is 1.00 bits per heavy atom. The second kappa shape index (κ2) is 6.42. The highest BCUT2D eigenvalue weighted by atomic mass is 19.4. The number of alkyl halides is 3. The summed E-state index contributed by atoms with van der Waals surface area (Å²) in [6, 6.07) is 12.9. The van der Waals surface area contributed by atoms with Gasteiger partial charge in [-0.3, -0.25) is 4.79 Å². The fraction of sp³-hybridized carbons (Fsp3) is 0.235. The van der Waals surface area contributed by atoms with Crippen LogP contribution in [0.15, 0.2) is 54.6 Å². The molecule has 23 heavy (non-hydrogen) atoms. The lowest BCUT2D eigenvalue weighted by Gasteiger charge is -2.24. The maximum absolute atomic E-state index is 12.6. The minimum atomic E-state index is -4.41. The van der Waals surface area contributed by atoms with Crippen molar-refractivity contribution in [2.75, 3.05) is 0 Å². The second-order valence-electron chi connectivity index (χ2n) is 5.46. The Labute approximate surface area is 131 Å². The molecule has 0 saturated carbocycles. The predicted molar refractivity (Wildman–Crippen MR) is 79.7 cm³/mol. The summed E-state index contributed by atoms with van der Waals surface area (Å²) in [6.07, 6.45) is -4.57. The van der Waals surface area contributed by atoms with E-state index in [1.54, 1.807) is 37.3 Å². The number of rotatable bonds is 4. The third-order valence-electron chi connectivity index (χ3n) is 3.36. The Morgan fingerprint density at radius 2 is 1.52 bits per heavy atom. The molecule has 0 amide bonds. The van der Waals surface area contributed by atoms with Gasteiger partial charge in [0.1, 0.15) is 5.75 Å². The number of para-hydroxylation sites is 1. The number of benzene rings is 2. The van der Waals surface area contributed by atoms with Gasteiger partial charge in [0.2, 0.25) is 0 Å². The zero-order valence-electron chi connectivity index (χ0n) is 12.4. The molecule has 0 saturated heterocycles. The molecule has 2 N–H and O–H groups in total. The molecule has 0 bridgehead atoms. The van der Waals surface area contributed by atoms with Crippen LogP contribution in [-0.4, -0.2) is 5.97 Å². The van der Waals surface area contributed by atoms with E-state index < -0.39 is 23.2 Å². The Kier molecular flexibility index (Phi) is 4.75. The summed E-state index contributed by atoms with van der Waals surface area (Å²) in [5, 5.41) is 0. The summed E-state index contributed by atoms with van der Waals surface area (Å²) in [6.45, 7) is 1.57. The highest BCUT2D eigenvalue weighted by molar-refractivity contribution is 5.74. The third kappa shape index (κ3) is 4.56. The number of hydrogen-bond acceptors (Lipinski definition) is 3. The summed E-state index contributed by atoms with van der Waals surface area (Å²) in [5.41, 5.74) is 4.61. The van der Waals surface area contributed by atoms with E-state index >= 15 is 0 Å². The van der Waals surface area contributed by atoms with E-state index in [0.29, 0.717) is 11.3 Å². The van der Waals surface area contributed by atoms with Gasteiger partial charge in [0.15, 0.2) is 0 Å². The van der Waals surface area contributed by atoms with Gasteiger partial charge >= 0.3 is 12.1 Å². The Balaban J connectivity index is 2.07. The molecule has 0 aliphatic carbocycles. The van der Waals surface area contributed by atoms with Crippen LogP contribution in [0, 0.1) is 0 Å². The fourth-order valence-electron chi connectivity index (χ4n) is 2.10. The van der Waals surface area contributed by atoms with E-state index in [0.717, 1.165) is 12.1 Å². The lowest BCUT2D eigenvalue weighted by atomic mass is 9.89. The summed E-state index contributed by atoms with van der Waals surface area (Å²) in [7, 11) is 0. The van der Waals surface area contributed by atoms with Crippen molar-refractivity contribution in [2.45, 2.75) is 25.1 Å². The first kappa shape index (κ1) is 17.0. The first-order chi connectivity index (χ1) is 10.7. The number of esters is 1. The number of ether oxygens (including phenoxy) is 1. The van der Waals surface area contributed by atoms with Gasteiger partial charge in [0.25, 0.3) is 0 Å². The van der Waals surface area contributed by atoms with Crippen LogP contribution in [0.1, 0.15) is 24.5 Å². The lowest BCUT2D eigenvalue weighted by molar-refractivity contribution is -0.138. The molecule has 0 aromatic heterocycles. The topological polar surface area (TPSA) is 52.3 Å². The molecule has 0 radical (unpaired) electrons. The molecule has 122 valence electrons. The maximum atomic E-state index is 12.6. The Bertz CT molecular complexity index is 664. The van der Waals surface area contributed by atoms with Gasteiger partial charge in [-0.2, -0.15) is 13.2 Å². The number of carbonyl (C=O) groups is 1. The van der Waals surface area contributed by atoms with Crippen LogP contribution in [0.25, 0.3) is 0 Å². The van der Waals surface area contributed by atoms with E-state index in [1.807, 2.05) is 0 Å². The lowest BCUT2D eigenvalue weighted by Crippen LogP contribution is -2.36. The number of hydrogen-bond donors (Lipinski definition) is 1. The van der Waals surface area contributed by atoms with Crippen molar-refractivity contribution >= 4 is 5.97 Å². The van der Waals surface area contributed by atoms with E-state index in [-0.39, 0.29) is 6.42 Å². The normalized spacial score (nSPS) is 14.1. The van der Waals surface area contributed by atoms with Crippen molar-refractivity contribution < 1.29 is 22.7 Å². The van der Waals surface area contributed by atoms with Gasteiger partial charge in [0.05, 0.1) is 12.0 Å². The van der Waals surface area contributed by atoms with Crippen LogP contribution in [0.5, 0.6) is 5.75 Å². The highest BCUT2D eigenvalue weighted by Gasteiger charge is 2.32. The largest absolute Gasteiger partial charge is 0.426 e. The zero-order chi connectivity index (χ0) is 17.1. The van der Waals surface area contributed by atoms with Gasteiger partial charge in [-0.15, -0.1) is 0 Å². The van der Waals surface area contributed by atoms with Gasteiger partial charge in [0, 0.05) is 5.54 Å². The molecule has 2 rings (SSSR count). The van der Waals surface area contributed by atoms with E-state index in [4.69, 9.17) is 10.5 Å². The quantitative estimate of drug-likeness (QED) is 0.686. The van der Waals surface area contributed by atoms with Crippen LogP contribution in [0.4, 0.5) is 13.2 Å². The average Bonchev–Trinajstić information content (AvgIpc) is 2.47. The summed E-state index contributed by atoms with van der Waals surface area (Å²) < 4.78 is 42.8. The first-order valence-electron chi connectivity index (χ1n) is 6.91. The van der Waals surface area contributed by atoms with Crippen molar-refractivity contribution in [1.82, 2.24) is 0 Å². The zero-order valence-corrected chi connectivity index (χ0v) is 12.4. The predicted octanol–water partition coefficient (Wildman–Crippen LogP) is 3.88.